The molecule has 3 heterocycles. The number of hydrogen-bond acceptors (Lipinski definition) is 12. The van der Waals surface area contributed by atoms with E-state index >= 15 is 0 Å². The minimum atomic E-state index is -1.97. The van der Waals surface area contributed by atoms with Gasteiger partial charge < -0.3 is 49.6 Å². The minimum absolute atomic E-state index is 0.0548. The Kier molecular flexibility index (Phi) is 7.25. The van der Waals surface area contributed by atoms with E-state index in [1.165, 1.54) is 20.3 Å². The van der Waals surface area contributed by atoms with E-state index in [1.54, 1.807) is 19.1 Å². The standard InChI is InChI=1S/C36H51NO11/c1-17-6-9-25-33(3,42)27-19(16-37(25)15-17)20-14-34-29(35(20,43)30(40)28(27)39)21(38)13-24-32(34,2)11-10-26(36(24,44)48-34)47-31(41)18-7-8-22(45-4)23(12-18)46-5/h7-8,12,17,19-21,24-30,38-40,42-44H,6,9-11,13-16H2,1-5H3/t17-,19-,20-,21+,24-,25-,26-,27+,28+,29+,30-,32-,33+,34+,35-,36-/m0/s1. The molecule has 48 heavy (non-hydrogen) atoms. The molecule has 6 N–H and O–H groups in total. The van der Waals surface area contributed by atoms with Crippen molar-refractivity contribution in [1.82, 2.24) is 4.90 Å². The Bertz CT molecular complexity index is 1490. The van der Waals surface area contributed by atoms with Gasteiger partial charge >= 0.3 is 5.97 Å². The van der Waals surface area contributed by atoms with Crippen LogP contribution in [0.1, 0.15) is 69.7 Å². The number of ether oxygens (including phenoxy) is 4. The second-order valence-electron chi connectivity index (χ2n) is 16.7. The highest BCUT2D eigenvalue weighted by Gasteiger charge is 2.86. The molecule has 8 rings (SSSR count). The van der Waals surface area contributed by atoms with Gasteiger partial charge in [-0.2, -0.15) is 0 Å². The number of esters is 1. The van der Waals surface area contributed by atoms with E-state index in [4.69, 9.17) is 18.9 Å². The maximum absolute atomic E-state index is 13.5. The van der Waals surface area contributed by atoms with Crippen molar-refractivity contribution < 1.29 is 54.4 Å². The molecule has 7 fully saturated rings. The number of piperidine rings is 2. The number of carbonyl (C=O) groups is 1. The molecule has 12 nitrogen and oxygen atoms in total. The Morgan fingerprint density at radius 3 is 2.44 bits per heavy atom. The fourth-order valence-corrected chi connectivity index (χ4v) is 12.7. The van der Waals surface area contributed by atoms with Gasteiger partial charge in [0.15, 0.2) is 17.6 Å². The van der Waals surface area contributed by atoms with Crippen LogP contribution in [-0.2, 0) is 9.47 Å². The molecule has 0 aromatic heterocycles. The molecule has 266 valence electrons. The lowest BCUT2D eigenvalue weighted by Crippen LogP contribution is -2.76. The lowest BCUT2D eigenvalue weighted by Gasteiger charge is -2.63. The molecule has 4 aliphatic carbocycles. The average molecular weight is 674 g/mol. The van der Waals surface area contributed by atoms with E-state index in [9.17, 15) is 35.4 Å². The summed E-state index contributed by atoms with van der Waals surface area (Å²) in [5.41, 5.74) is -5.10. The van der Waals surface area contributed by atoms with Crippen molar-refractivity contribution in [1.29, 1.82) is 0 Å². The monoisotopic (exact) mass is 673 g/mol. The van der Waals surface area contributed by atoms with Crippen molar-refractivity contribution in [2.75, 3.05) is 27.3 Å². The quantitative estimate of drug-likeness (QED) is 0.251. The molecular formula is C36H51NO11. The molecule has 1 aromatic rings. The van der Waals surface area contributed by atoms with Crippen LogP contribution in [0.5, 0.6) is 11.5 Å². The van der Waals surface area contributed by atoms with Crippen molar-refractivity contribution in [2.24, 2.45) is 40.9 Å². The van der Waals surface area contributed by atoms with Crippen LogP contribution in [0.3, 0.4) is 0 Å². The SMILES string of the molecule is COc1ccc(C(=O)O[C@H]2CC[C@@]3(C)[C@@H]4C[C@@H](O)[C@H]5[C@]6(O)[C@@H](O)[C@H](O)[C@H]7[C@@H](CN8C[C@@H](C)CC[C@H]8[C@@]7(C)O)[C@@H]6C[C@@]53O[C@]24O)cc1OC. The van der Waals surface area contributed by atoms with Crippen molar-refractivity contribution >= 4 is 5.97 Å². The highest BCUT2D eigenvalue weighted by atomic mass is 16.7. The molecule has 3 saturated heterocycles. The highest BCUT2D eigenvalue weighted by Crippen LogP contribution is 2.77. The van der Waals surface area contributed by atoms with E-state index in [0.29, 0.717) is 30.4 Å². The first kappa shape index (κ1) is 33.1. The van der Waals surface area contributed by atoms with Crippen LogP contribution in [0.4, 0.5) is 0 Å². The third-order valence-corrected chi connectivity index (χ3v) is 14.7. The molecule has 4 saturated carbocycles. The number of hydrogen-bond donors (Lipinski definition) is 6. The van der Waals surface area contributed by atoms with Gasteiger partial charge in [-0.15, -0.1) is 0 Å². The maximum atomic E-state index is 13.5. The summed E-state index contributed by atoms with van der Waals surface area (Å²) in [5, 5.41) is 73.0. The number of benzene rings is 1. The molecule has 16 atom stereocenters. The van der Waals surface area contributed by atoms with Crippen LogP contribution in [0.25, 0.3) is 0 Å². The third-order valence-electron chi connectivity index (χ3n) is 14.7. The first-order chi connectivity index (χ1) is 22.6. The summed E-state index contributed by atoms with van der Waals surface area (Å²) in [5.74, 6) is -4.81. The van der Waals surface area contributed by atoms with E-state index in [-0.39, 0.29) is 30.9 Å². The Morgan fingerprint density at radius 1 is 1.00 bits per heavy atom. The molecule has 1 spiro atoms. The topological polar surface area (TPSA) is 179 Å². The molecular weight excluding hydrogens is 622 g/mol. The van der Waals surface area contributed by atoms with Crippen molar-refractivity contribution in [2.45, 2.75) is 112 Å². The maximum Gasteiger partial charge on any atom is 0.338 e. The highest BCUT2D eigenvalue weighted by molar-refractivity contribution is 5.90. The Hall–Kier alpha value is -2.03. The first-order valence-corrected chi connectivity index (χ1v) is 17.7. The largest absolute Gasteiger partial charge is 0.493 e. The number of methoxy groups -OCH3 is 2. The first-order valence-electron chi connectivity index (χ1n) is 17.7. The van der Waals surface area contributed by atoms with E-state index < -0.39 is 88.0 Å². The molecule has 7 aliphatic rings. The van der Waals surface area contributed by atoms with Crippen molar-refractivity contribution in [3.8, 4) is 11.5 Å². The van der Waals surface area contributed by atoms with Gasteiger partial charge in [0.2, 0.25) is 5.79 Å². The van der Waals surface area contributed by atoms with Crippen molar-refractivity contribution in [3.63, 3.8) is 0 Å². The minimum Gasteiger partial charge on any atom is -0.493 e. The fourth-order valence-electron chi connectivity index (χ4n) is 12.7. The van der Waals surface area contributed by atoms with Crippen LogP contribution in [0.2, 0.25) is 0 Å². The zero-order valence-corrected chi connectivity index (χ0v) is 28.4. The summed E-state index contributed by atoms with van der Waals surface area (Å²) in [4.78, 5) is 15.8. The van der Waals surface area contributed by atoms with Gasteiger partial charge in [-0.3, -0.25) is 4.90 Å². The van der Waals surface area contributed by atoms with E-state index in [0.717, 1.165) is 19.4 Å². The van der Waals surface area contributed by atoms with Crippen LogP contribution in [0.15, 0.2) is 18.2 Å². The third kappa shape index (κ3) is 3.92. The summed E-state index contributed by atoms with van der Waals surface area (Å²) < 4.78 is 23.5. The number of rotatable bonds is 4. The second-order valence-corrected chi connectivity index (χ2v) is 16.7. The van der Waals surface area contributed by atoms with Gasteiger partial charge in [0.1, 0.15) is 11.7 Å². The van der Waals surface area contributed by atoms with Gasteiger partial charge in [-0.25, -0.2) is 4.79 Å². The lowest BCUT2D eigenvalue weighted by atomic mass is 9.49. The lowest BCUT2D eigenvalue weighted by molar-refractivity contribution is -0.295. The number of fused-ring (bicyclic) bond motifs is 5. The van der Waals surface area contributed by atoms with E-state index in [1.807, 2.05) is 6.92 Å². The Balaban J connectivity index is 1.16. The summed E-state index contributed by atoms with van der Waals surface area (Å²) in [6.07, 6.45) is -2.54. The fraction of sp³-hybridized carbons (Fsp3) is 0.806. The summed E-state index contributed by atoms with van der Waals surface area (Å²) in [7, 11) is 2.97. The van der Waals surface area contributed by atoms with E-state index in [2.05, 4.69) is 11.8 Å². The summed E-state index contributed by atoms with van der Waals surface area (Å²) >= 11 is 0. The molecule has 4 bridgehead atoms. The Morgan fingerprint density at radius 2 is 1.73 bits per heavy atom. The molecule has 0 amide bonds. The predicted octanol–water partition coefficient (Wildman–Crippen LogP) is 1.07. The van der Waals surface area contributed by atoms with Crippen LogP contribution < -0.4 is 9.47 Å². The summed E-state index contributed by atoms with van der Waals surface area (Å²) in [6.45, 7) is 7.27. The number of carbonyl (C=O) groups excluding carboxylic acids is 1. The van der Waals surface area contributed by atoms with Crippen LogP contribution >= 0.6 is 0 Å². The molecule has 0 radical (unpaired) electrons. The van der Waals surface area contributed by atoms with Crippen molar-refractivity contribution in [3.05, 3.63) is 23.8 Å². The van der Waals surface area contributed by atoms with Gasteiger partial charge in [0.05, 0.1) is 43.2 Å². The van der Waals surface area contributed by atoms with Crippen LogP contribution in [-0.4, -0.2) is 122 Å². The normalized spacial score (nSPS) is 53.6. The van der Waals surface area contributed by atoms with Crippen LogP contribution in [0, 0.1) is 40.9 Å². The van der Waals surface area contributed by atoms with Gasteiger partial charge in [-0.05, 0) is 81.4 Å². The summed E-state index contributed by atoms with van der Waals surface area (Å²) in [6, 6.07) is 4.49. The van der Waals surface area contributed by atoms with Gasteiger partial charge in [0.25, 0.3) is 0 Å². The molecule has 1 aromatic carbocycles. The smallest absolute Gasteiger partial charge is 0.338 e. The predicted molar refractivity (Wildman–Crippen MR) is 169 cm³/mol. The molecule has 12 heteroatoms. The zero-order valence-electron chi connectivity index (χ0n) is 28.4. The number of aliphatic hydroxyl groups is 6. The molecule has 3 aliphatic heterocycles. The molecule has 0 unspecified atom stereocenters. The second kappa shape index (κ2) is 10.5. The van der Waals surface area contributed by atoms with Gasteiger partial charge in [-0.1, -0.05) is 13.8 Å². The number of nitrogens with zero attached hydrogens (tertiary/aromatic N) is 1. The average Bonchev–Trinajstić information content (AvgIpc) is 3.33. The number of aliphatic hydroxyl groups excluding tert-OH is 3. The zero-order chi connectivity index (χ0) is 34.3. The van der Waals surface area contributed by atoms with Gasteiger partial charge in [0, 0.05) is 42.3 Å². The Labute approximate surface area is 280 Å².